The van der Waals surface area contributed by atoms with Crippen molar-refractivity contribution in [3.63, 3.8) is 0 Å². The lowest BCUT2D eigenvalue weighted by Crippen LogP contribution is -2.14. The van der Waals surface area contributed by atoms with Crippen LogP contribution in [0.2, 0.25) is 0 Å². The smallest absolute Gasteiger partial charge is 0.277 e. The van der Waals surface area contributed by atoms with Gasteiger partial charge in [0.2, 0.25) is 18.6 Å². The van der Waals surface area contributed by atoms with E-state index in [0.717, 1.165) is 6.42 Å². The second-order valence-electron chi connectivity index (χ2n) is 6.94. The summed E-state index contributed by atoms with van der Waals surface area (Å²) in [4.78, 5) is 24.4. The fraction of sp³-hybridized carbons (Fsp3) is 0.273. The maximum absolute atomic E-state index is 12.8. The van der Waals surface area contributed by atoms with Crippen LogP contribution in [-0.4, -0.2) is 33.9 Å². The number of ether oxygens (including phenoxy) is 2. The van der Waals surface area contributed by atoms with Crippen LogP contribution in [0.4, 0.5) is 5.69 Å². The number of aromatic nitrogens is 2. The van der Waals surface area contributed by atoms with E-state index in [4.69, 9.17) is 13.9 Å². The Morgan fingerprint density at radius 1 is 1.10 bits per heavy atom. The topological polar surface area (TPSA) is 104 Å². The highest BCUT2D eigenvalue weighted by atomic mass is 32.2. The molecule has 0 radical (unpaired) electrons. The minimum Gasteiger partial charge on any atom is -0.454 e. The van der Waals surface area contributed by atoms with E-state index in [0.29, 0.717) is 45.8 Å². The summed E-state index contributed by atoms with van der Waals surface area (Å²) < 4.78 is 16.4. The third-order valence-corrected chi connectivity index (χ3v) is 5.54. The number of thioether (sulfide) groups is 1. The van der Waals surface area contributed by atoms with Crippen molar-refractivity contribution in [2.75, 3.05) is 12.1 Å². The first-order valence-corrected chi connectivity index (χ1v) is 10.8. The van der Waals surface area contributed by atoms with Crippen molar-refractivity contribution in [2.45, 2.75) is 37.2 Å². The maximum atomic E-state index is 12.8. The molecular formula is C22H21N3O5S. The lowest BCUT2D eigenvalue weighted by Gasteiger charge is -2.09. The molecule has 0 saturated heterocycles. The van der Waals surface area contributed by atoms with E-state index in [1.807, 2.05) is 13.0 Å². The molecule has 1 aliphatic rings. The Morgan fingerprint density at radius 2 is 1.87 bits per heavy atom. The number of ketones is 1. The quantitative estimate of drug-likeness (QED) is 0.402. The van der Waals surface area contributed by atoms with E-state index < -0.39 is 5.25 Å². The van der Waals surface area contributed by atoms with Crippen molar-refractivity contribution in [1.29, 1.82) is 0 Å². The number of carbonyl (C=O) groups is 2. The zero-order valence-electron chi connectivity index (χ0n) is 17.1. The van der Waals surface area contributed by atoms with Crippen molar-refractivity contribution < 1.29 is 23.5 Å². The first-order valence-electron chi connectivity index (χ1n) is 9.88. The number of carbonyl (C=O) groups excluding carboxylic acids is 2. The van der Waals surface area contributed by atoms with E-state index in [1.165, 1.54) is 11.8 Å². The highest BCUT2D eigenvalue weighted by molar-refractivity contribution is 8.00. The van der Waals surface area contributed by atoms with E-state index in [9.17, 15) is 9.59 Å². The molecule has 4 rings (SSSR count). The molecule has 3 aromatic rings. The molecule has 2 heterocycles. The van der Waals surface area contributed by atoms with Gasteiger partial charge in [0.05, 0.1) is 5.25 Å². The summed E-state index contributed by atoms with van der Waals surface area (Å²) in [6.45, 7) is 3.92. The van der Waals surface area contributed by atoms with E-state index in [2.05, 4.69) is 15.5 Å². The summed E-state index contributed by atoms with van der Waals surface area (Å²) in [5.74, 6) is 1.53. The van der Waals surface area contributed by atoms with Gasteiger partial charge < -0.3 is 19.2 Å². The fourth-order valence-electron chi connectivity index (χ4n) is 3.01. The summed E-state index contributed by atoms with van der Waals surface area (Å²) >= 11 is 1.19. The zero-order valence-corrected chi connectivity index (χ0v) is 17.9. The first kappa shape index (κ1) is 20.9. The van der Waals surface area contributed by atoms with Gasteiger partial charge in [0, 0.05) is 23.2 Å². The van der Waals surface area contributed by atoms with Gasteiger partial charge in [-0.25, -0.2) is 0 Å². The van der Waals surface area contributed by atoms with E-state index >= 15 is 0 Å². The van der Waals surface area contributed by atoms with Crippen molar-refractivity contribution in [3.05, 3.63) is 48.0 Å². The molecule has 1 atom stereocenters. The minimum absolute atomic E-state index is 0.0415. The number of nitrogens with one attached hydrogen (secondary N) is 1. The highest BCUT2D eigenvalue weighted by Crippen LogP contribution is 2.36. The monoisotopic (exact) mass is 439 g/mol. The van der Waals surface area contributed by atoms with Gasteiger partial charge in [-0.2, -0.15) is 0 Å². The van der Waals surface area contributed by atoms with Crippen LogP contribution in [0.3, 0.4) is 0 Å². The van der Waals surface area contributed by atoms with Crippen LogP contribution in [0.5, 0.6) is 11.5 Å². The average molecular weight is 439 g/mol. The molecule has 0 fully saturated rings. The Kier molecular flexibility index (Phi) is 6.22. The maximum Gasteiger partial charge on any atom is 0.277 e. The molecule has 1 aliphatic heterocycles. The number of fused-ring (bicyclic) bond motifs is 1. The second kappa shape index (κ2) is 9.22. The number of rotatable bonds is 8. The zero-order chi connectivity index (χ0) is 21.8. The van der Waals surface area contributed by atoms with Crippen molar-refractivity contribution >= 4 is 29.1 Å². The molecule has 2 aromatic carbocycles. The Balaban J connectivity index is 1.38. The lowest BCUT2D eigenvalue weighted by molar-refractivity contribution is -0.116. The number of hydrogen-bond acceptors (Lipinski definition) is 8. The molecule has 31 heavy (non-hydrogen) atoms. The van der Waals surface area contributed by atoms with Crippen molar-refractivity contribution in [1.82, 2.24) is 10.2 Å². The molecule has 1 N–H and O–H groups in total. The SMILES string of the molecule is CCCC(=O)Nc1ccc(C(=O)C(C)Sc2nnc(-c3ccc4c(c3)OCO4)o2)cc1. The van der Waals surface area contributed by atoms with Crippen LogP contribution in [-0.2, 0) is 4.79 Å². The van der Waals surface area contributed by atoms with Crippen LogP contribution in [0.1, 0.15) is 37.0 Å². The number of hydrogen-bond donors (Lipinski definition) is 1. The van der Waals surface area contributed by atoms with Crippen molar-refractivity contribution in [3.8, 4) is 23.0 Å². The van der Waals surface area contributed by atoms with Gasteiger partial charge in [-0.15, -0.1) is 10.2 Å². The molecule has 0 spiro atoms. The number of nitrogens with zero attached hydrogens (tertiary/aromatic N) is 2. The molecule has 0 aliphatic carbocycles. The third kappa shape index (κ3) is 4.88. The van der Waals surface area contributed by atoms with Gasteiger partial charge in [0.15, 0.2) is 17.3 Å². The van der Waals surface area contributed by atoms with E-state index in [1.54, 1.807) is 43.3 Å². The molecule has 8 nitrogen and oxygen atoms in total. The Labute approximate surface area is 183 Å². The van der Waals surface area contributed by atoms with Crippen LogP contribution in [0.25, 0.3) is 11.5 Å². The fourth-order valence-corrected chi connectivity index (χ4v) is 3.77. The molecule has 9 heteroatoms. The summed E-state index contributed by atoms with van der Waals surface area (Å²) in [5, 5.41) is 10.8. The average Bonchev–Trinajstić information content (AvgIpc) is 3.42. The van der Waals surface area contributed by atoms with Crippen LogP contribution < -0.4 is 14.8 Å². The molecular weight excluding hydrogens is 418 g/mol. The summed E-state index contributed by atoms with van der Waals surface area (Å²) in [5.41, 5.74) is 1.92. The third-order valence-electron chi connectivity index (χ3n) is 4.60. The van der Waals surface area contributed by atoms with Gasteiger partial charge in [-0.1, -0.05) is 18.7 Å². The molecule has 0 bridgehead atoms. The predicted octanol–water partition coefficient (Wildman–Crippen LogP) is 4.57. The van der Waals surface area contributed by atoms with Gasteiger partial charge in [-0.05, 0) is 55.8 Å². The highest BCUT2D eigenvalue weighted by Gasteiger charge is 2.21. The summed E-state index contributed by atoms with van der Waals surface area (Å²) in [6.07, 6.45) is 1.25. The molecule has 0 saturated carbocycles. The number of anilines is 1. The first-order chi connectivity index (χ1) is 15.0. The van der Waals surface area contributed by atoms with Gasteiger partial charge in [-0.3, -0.25) is 9.59 Å². The van der Waals surface area contributed by atoms with Crippen LogP contribution >= 0.6 is 11.8 Å². The lowest BCUT2D eigenvalue weighted by atomic mass is 10.1. The Morgan fingerprint density at radius 3 is 2.65 bits per heavy atom. The van der Waals surface area contributed by atoms with Crippen LogP contribution in [0.15, 0.2) is 52.1 Å². The minimum atomic E-state index is -0.425. The van der Waals surface area contributed by atoms with Crippen molar-refractivity contribution in [2.24, 2.45) is 0 Å². The van der Waals surface area contributed by atoms with Gasteiger partial charge in [0.1, 0.15) is 0 Å². The number of amides is 1. The normalized spacial score (nSPS) is 13.1. The molecule has 1 unspecified atom stereocenters. The number of Topliss-reactive ketones (excluding diaryl/α,β-unsaturated/α-hetero) is 1. The van der Waals surface area contributed by atoms with Crippen LogP contribution in [0, 0.1) is 0 Å². The van der Waals surface area contributed by atoms with E-state index in [-0.39, 0.29) is 18.5 Å². The standard InChI is InChI=1S/C22H21N3O5S/c1-3-4-19(26)23-16-8-5-14(6-9-16)20(27)13(2)31-22-25-24-21(30-22)15-7-10-17-18(11-15)29-12-28-17/h5-11,13H,3-4,12H2,1-2H3,(H,23,26). The largest absolute Gasteiger partial charge is 0.454 e. The second-order valence-corrected chi connectivity index (χ2v) is 8.23. The predicted molar refractivity (Wildman–Crippen MR) is 115 cm³/mol. The molecule has 1 aromatic heterocycles. The van der Waals surface area contributed by atoms with Gasteiger partial charge >= 0.3 is 0 Å². The molecule has 1 amide bonds. The summed E-state index contributed by atoms with van der Waals surface area (Å²) in [7, 11) is 0. The van der Waals surface area contributed by atoms with Gasteiger partial charge in [0.25, 0.3) is 5.22 Å². The number of benzene rings is 2. The summed E-state index contributed by atoms with van der Waals surface area (Å²) in [6, 6.07) is 12.2. The Bertz CT molecular complexity index is 1100. The Hall–Kier alpha value is -3.33. The molecule has 160 valence electrons.